The fourth-order valence-corrected chi connectivity index (χ4v) is 1.60. The third kappa shape index (κ3) is 4.71. The fraction of sp³-hybridized carbons (Fsp3) is 0.538. The topological polar surface area (TPSA) is 41.5 Å². The van der Waals surface area contributed by atoms with Gasteiger partial charge < -0.3 is 15.2 Å². The van der Waals surface area contributed by atoms with Gasteiger partial charge in [-0.15, -0.1) is 0 Å². The van der Waals surface area contributed by atoms with Gasteiger partial charge in [-0.1, -0.05) is 13.8 Å². The first-order chi connectivity index (χ1) is 7.95. The van der Waals surface area contributed by atoms with Gasteiger partial charge in [-0.2, -0.15) is 0 Å². The number of aliphatic hydroxyl groups is 1. The first-order valence-electron chi connectivity index (χ1n) is 5.72. The number of hydrogen-bond donors (Lipinski definition) is 2. The summed E-state index contributed by atoms with van der Waals surface area (Å²) in [5.74, 6) is 0.305. The number of hydrogen-bond acceptors (Lipinski definition) is 3. The van der Waals surface area contributed by atoms with Gasteiger partial charge in [0.25, 0.3) is 0 Å². The van der Waals surface area contributed by atoms with E-state index in [1.54, 1.807) is 12.1 Å². The maximum absolute atomic E-state index is 12.7. The lowest BCUT2D eigenvalue weighted by Gasteiger charge is -2.30. The summed E-state index contributed by atoms with van der Waals surface area (Å²) in [5, 5.41) is 12.6. The van der Waals surface area contributed by atoms with Gasteiger partial charge in [0.1, 0.15) is 18.2 Å². The van der Waals surface area contributed by atoms with Crippen molar-refractivity contribution in [3.8, 4) is 5.75 Å². The van der Waals surface area contributed by atoms with Crippen LogP contribution in [0.4, 0.5) is 4.39 Å². The van der Waals surface area contributed by atoms with Crippen molar-refractivity contribution in [3.05, 3.63) is 30.1 Å². The van der Waals surface area contributed by atoms with Gasteiger partial charge in [-0.05, 0) is 31.2 Å². The Bertz CT molecular complexity index is 340. The molecule has 0 aromatic heterocycles. The summed E-state index contributed by atoms with van der Waals surface area (Å²) in [6, 6.07) is 6.09. The number of ether oxygens (including phenoxy) is 1. The van der Waals surface area contributed by atoms with Crippen LogP contribution in [0.1, 0.15) is 20.8 Å². The van der Waals surface area contributed by atoms with Crippen LogP contribution in [0.15, 0.2) is 24.3 Å². The molecule has 1 aromatic carbocycles. The predicted octanol–water partition coefficient (Wildman–Crippen LogP) is 1.95. The van der Waals surface area contributed by atoms with Crippen molar-refractivity contribution in [2.24, 2.45) is 0 Å². The van der Waals surface area contributed by atoms with Crippen LogP contribution in [-0.2, 0) is 0 Å². The highest BCUT2D eigenvalue weighted by molar-refractivity contribution is 5.22. The molecule has 0 saturated carbocycles. The molecule has 0 radical (unpaired) electrons. The maximum Gasteiger partial charge on any atom is 0.123 e. The summed E-state index contributed by atoms with van der Waals surface area (Å²) in [5.41, 5.74) is -0.497. The number of rotatable bonds is 6. The first kappa shape index (κ1) is 13.9. The Kier molecular flexibility index (Phi) is 4.90. The van der Waals surface area contributed by atoms with Crippen LogP contribution >= 0.6 is 0 Å². The molecule has 96 valence electrons. The van der Waals surface area contributed by atoms with E-state index >= 15 is 0 Å². The Labute approximate surface area is 102 Å². The molecular weight excluding hydrogens is 221 g/mol. The number of aliphatic hydroxyl groups excluding tert-OH is 1. The highest BCUT2D eigenvalue weighted by atomic mass is 19.1. The lowest BCUT2D eigenvalue weighted by Crippen LogP contribution is -2.53. The van der Waals surface area contributed by atoms with Crippen LogP contribution in [0.5, 0.6) is 5.75 Å². The minimum Gasteiger partial charge on any atom is -0.492 e. The molecular formula is C13H20FNO2. The minimum atomic E-state index is -0.497. The van der Waals surface area contributed by atoms with Crippen LogP contribution in [-0.4, -0.2) is 29.9 Å². The van der Waals surface area contributed by atoms with E-state index in [1.165, 1.54) is 12.1 Å². The smallest absolute Gasteiger partial charge is 0.123 e. The number of nitrogens with one attached hydrogen (secondary N) is 1. The summed E-state index contributed by atoms with van der Waals surface area (Å²) in [6.07, 6.45) is 0. The largest absolute Gasteiger partial charge is 0.492 e. The lowest BCUT2D eigenvalue weighted by atomic mass is 10.0. The second-order valence-corrected chi connectivity index (χ2v) is 4.76. The summed E-state index contributed by atoms with van der Waals surface area (Å²) in [6.45, 7) is 6.20. The lowest BCUT2D eigenvalue weighted by molar-refractivity contribution is 0.109. The Morgan fingerprint density at radius 2 is 1.94 bits per heavy atom. The van der Waals surface area contributed by atoms with Crippen LogP contribution in [0, 0.1) is 5.82 Å². The van der Waals surface area contributed by atoms with Crippen molar-refractivity contribution in [2.75, 3.05) is 13.2 Å². The fourth-order valence-electron chi connectivity index (χ4n) is 1.60. The van der Waals surface area contributed by atoms with Crippen LogP contribution in [0.2, 0.25) is 0 Å². The van der Waals surface area contributed by atoms with Gasteiger partial charge in [-0.3, -0.25) is 0 Å². The second kappa shape index (κ2) is 5.98. The molecule has 3 nitrogen and oxygen atoms in total. The molecule has 4 heteroatoms. The van der Waals surface area contributed by atoms with Crippen LogP contribution in [0.25, 0.3) is 0 Å². The third-order valence-corrected chi connectivity index (χ3v) is 2.36. The van der Waals surface area contributed by atoms with Gasteiger partial charge in [-0.25, -0.2) is 4.39 Å². The minimum absolute atomic E-state index is 0.0215. The van der Waals surface area contributed by atoms with Crippen molar-refractivity contribution in [1.29, 1.82) is 0 Å². The summed E-state index contributed by atoms with van der Waals surface area (Å²) in [4.78, 5) is 0. The summed E-state index contributed by atoms with van der Waals surface area (Å²) < 4.78 is 18.2. The molecule has 0 saturated heterocycles. The van der Waals surface area contributed by atoms with Gasteiger partial charge in [0.15, 0.2) is 0 Å². The Hall–Kier alpha value is -1.13. The van der Waals surface area contributed by atoms with E-state index in [1.807, 2.05) is 20.8 Å². The van der Waals surface area contributed by atoms with E-state index < -0.39 is 5.54 Å². The predicted molar refractivity (Wildman–Crippen MR) is 65.7 cm³/mol. The van der Waals surface area contributed by atoms with Gasteiger partial charge >= 0.3 is 0 Å². The Morgan fingerprint density at radius 1 is 1.35 bits per heavy atom. The molecule has 0 aliphatic rings. The van der Waals surface area contributed by atoms with E-state index in [0.29, 0.717) is 12.4 Å². The zero-order valence-corrected chi connectivity index (χ0v) is 10.5. The molecule has 1 rings (SSSR count). The SMILES string of the molecule is CC(C)NC(C)(CO)COc1ccc(F)cc1. The van der Waals surface area contributed by atoms with E-state index in [2.05, 4.69) is 5.32 Å². The van der Waals surface area contributed by atoms with Gasteiger partial charge in [0.05, 0.1) is 12.1 Å². The second-order valence-electron chi connectivity index (χ2n) is 4.76. The Morgan fingerprint density at radius 3 is 2.41 bits per heavy atom. The zero-order valence-electron chi connectivity index (χ0n) is 10.5. The summed E-state index contributed by atoms with van der Waals surface area (Å²) in [7, 11) is 0. The highest BCUT2D eigenvalue weighted by Gasteiger charge is 2.24. The third-order valence-electron chi connectivity index (χ3n) is 2.36. The Balaban J connectivity index is 2.55. The molecule has 2 N–H and O–H groups in total. The monoisotopic (exact) mass is 241 g/mol. The molecule has 0 aliphatic carbocycles. The molecule has 1 atom stereocenters. The van der Waals surface area contributed by atoms with Crippen molar-refractivity contribution in [2.45, 2.75) is 32.4 Å². The van der Waals surface area contributed by atoms with E-state index in [-0.39, 0.29) is 18.5 Å². The van der Waals surface area contributed by atoms with Crippen molar-refractivity contribution >= 4 is 0 Å². The molecule has 0 bridgehead atoms. The molecule has 17 heavy (non-hydrogen) atoms. The highest BCUT2D eigenvalue weighted by Crippen LogP contribution is 2.14. The van der Waals surface area contributed by atoms with E-state index in [4.69, 9.17) is 4.74 Å². The molecule has 0 aliphatic heterocycles. The van der Waals surface area contributed by atoms with Crippen molar-refractivity contribution in [1.82, 2.24) is 5.32 Å². The van der Waals surface area contributed by atoms with Gasteiger partial charge in [0.2, 0.25) is 0 Å². The average Bonchev–Trinajstić information content (AvgIpc) is 2.27. The molecule has 0 heterocycles. The molecule has 1 aromatic rings. The van der Waals surface area contributed by atoms with E-state index in [0.717, 1.165) is 0 Å². The van der Waals surface area contributed by atoms with Crippen LogP contribution in [0.3, 0.4) is 0 Å². The first-order valence-corrected chi connectivity index (χ1v) is 5.72. The zero-order chi connectivity index (χ0) is 12.9. The van der Waals surface area contributed by atoms with Crippen molar-refractivity contribution in [3.63, 3.8) is 0 Å². The quantitative estimate of drug-likeness (QED) is 0.800. The van der Waals surface area contributed by atoms with Crippen molar-refractivity contribution < 1.29 is 14.2 Å². The number of benzene rings is 1. The van der Waals surface area contributed by atoms with Gasteiger partial charge in [0, 0.05) is 6.04 Å². The summed E-state index contributed by atoms with van der Waals surface area (Å²) >= 11 is 0. The van der Waals surface area contributed by atoms with Crippen LogP contribution < -0.4 is 10.1 Å². The molecule has 1 unspecified atom stereocenters. The average molecular weight is 241 g/mol. The maximum atomic E-state index is 12.7. The molecule has 0 spiro atoms. The van der Waals surface area contributed by atoms with E-state index in [9.17, 15) is 9.50 Å². The standard InChI is InChI=1S/C13H20FNO2/c1-10(2)15-13(3,8-16)9-17-12-6-4-11(14)5-7-12/h4-7,10,15-16H,8-9H2,1-3H3. The molecule has 0 amide bonds. The normalized spacial score (nSPS) is 14.7. The number of halogens is 1. The molecule has 0 fully saturated rings.